The lowest BCUT2D eigenvalue weighted by Crippen LogP contribution is -2.51. The van der Waals surface area contributed by atoms with Gasteiger partial charge >= 0.3 is 5.97 Å². The van der Waals surface area contributed by atoms with Crippen molar-refractivity contribution in [1.29, 1.82) is 5.26 Å². The van der Waals surface area contributed by atoms with Crippen LogP contribution in [-0.4, -0.2) is 86.7 Å². The normalized spacial score (nSPS) is 24.8. The van der Waals surface area contributed by atoms with Crippen molar-refractivity contribution in [3.05, 3.63) is 16.3 Å². The molecule has 11 nitrogen and oxygen atoms in total. The van der Waals surface area contributed by atoms with Crippen molar-refractivity contribution in [3.8, 4) is 6.07 Å². The molecule has 1 aromatic rings. The highest BCUT2D eigenvalue weighted by molar-refractivity contribution is 7.89. The number of nitrogens with one attached hydrogen (secondary N) is 1. The Balaban J connectivity index is 1.67. The summed E-state index contributed by atoms with van der Waals surface area (Å²) in [5.74, 6) is -1.10. The minimum absolute atomic E-state index is 0.0202. The summed E-state index contributed by atoms with van der Waals surface area (Å²) in [6.07, 6.45) is 2.12. The lowest BCUT2D eigenvalue weighted by atomic mass is 10.1. The molecule has 0 saturated carbocycles. The molecule has 0 radical (unpaired) electrons. The fourth-order valence-electron chi connectivity index (χ4n) is 4.01. The first-order valence-corrected chi connectivity index (χ1v) is 12.4. The Bertz CT molecular complexity index is 1020. The Hall–Kier alpha value is -2.37. The molecule has 0 aromatic carbocycles. The van der Waals surface area contributed by atoms with Gasteiger partial charge in [-0.1, -0.05) is 0 Å². The standard InChI is InChI=1S/C19H25N5O6S2/c1-30-19(27)17-16(4-6-31-17)32(28,29)24-10-12(7-14(24)11-25)22-9-15(21)18(26)23-5-2-3-13(23)8-20/h4,6,11-15,22H,2-3,5,7,9-10,21H2,1H3/t12-,13-,14-,15-/m0/s1. The number of thiophene rings is 1. The molecule has 3 heterocycles. The molecule has 0 spiro atoms. The average molecular weight is 484 g/mol. The van der Waals surface area contributed by atoms with E-state index in [9.17, 15) is 22.8 Å². The number of hydrogen-bond acceptors (Lipinski definition) is 10. The average Bonchev–Trinajstić information content (AvgIpc) is 3.54. The molecule has 0 bridgehead atoms. The number of methoxy groups -OCH3 is 1. The lowest BCUT2D eigenvalue weighted by Gasteiger charge is -2.24. The molecule has 1 amide bonds. The van der Waals surface area contributed by atoms with Crippen LogP contribution in [-0.2, 0) is 24.3 Å². The minimum Gasteiger partial charge on any atom is -0.465 e. The summed E-state index contributed by atoms with van der Waals surface area (Å²) in [6, 6.07) is 0.702. The minimum atomic E-state index is -4.12. The van der Waals surface area contributed by atoms with Crippen molar-refractivity contribution in [2.75, 3.05) is 26.7 Å². The van der Waals surface area contributed by atoms with E-state index in [2.05, 4.69) is 16.1 Å². The Labute approximate surface area is 190 Å². The summed E-state index contributed by atoms with van der Waals surface area (Å²) in [5.41, 5.74) is 6.01. The number of amides is 1. The molecule has 2 aliphatic rings. The van der Waals surface area contributed by atoms with Gasteiger partial charge in [0, 0.05) is 25.7 Å². The Kier molecular flexibility index (Phi) is 7.63. The van der Waals surface area contributed by atoms with Crippen LogP contribution in [0.5, 0.6) is 0 Å². The van der Waals surface area contributed by atoms with Crippen molar-refractivity contribution >= 4 is 39.5 Å². The summed E-state index contributed by atoms with van der Waals surface area (Å²) < 4.78 is 32.0. The number of nitrogens with zero attached hydrogens (tertiary/aromatic N) is 3. The largest absolute Gasteiger partial charge is 0.465 e. The number of esters is 1. The molecule has 2 saturated heterocycles. The maximum Gasteiger partial charge on any atom is 0.349 e. The van der Waals surface area contributed by atoms with Gasteiger partial charge in [-0.05, 0) is 30.7 Å². The van der Waals surface area contributed by atoms with Crippen LogP contribution in [0.25, 0.3) is 0 Å². The number of ether oxygens (including phenoxy) is 1. The van der Waals surface area contributed by atoms with E-state index in [1.54, 1.807) is 0 Å². The Morgan fingerprint density at radius 3 is 2.91 bits per heavy atom. The number of hydrogen-bond donors (Lipinski definition) is 2. The first-order valence-electron chi connectivity index (χ1n) is 10.1. The van der Waals surface area contributed by atoms with Crippen LogP contribution in [0.4, 0.5) is 0 Å². The molecule has 3 N–H and O–H groups in total. The second kappa shape index (κ2) is 10.1. The predicted molar refractivity (Wildman–Crippen MR) is 114 cm³/mol. The summed E-state index contributed by atoms with van der Waals surface area (Å²) in [4.78, 5) is 37.3. The third-order valence-electron chi connectivity index (χ3n) is 5.67. The van der Waals surface area contributed by atoms with Gasteiger partial charge in [-0.3, -0.25) is 4.79 Å². The number of nitrogens with two attached hydrogens (primary N) is 1. The second-order valence-electron chi connectivity index (χ2n) is 7.65. The summed E-state index contributed by atoms with van der Waals surface area (Å²) in [7, 11) is -2.96. The van der Waals surface area contributed by atoms with Crippen LogP contribution in [0.15, 0.2) is 16.3 Å². The van der Waals surface area contributed by atoms with Crippen LogP contribution in [0.1, 0.15) is 28.9 Å². The van der Waals surface area contributed by atoms with Gasteiger partial charge in [-0.2, -0.15) is 9.57 Å². The number of likely N-dealkylation sites (tertiary alicyclic amines) is 1. The number of aldehydes is 1. The number of carbonyl (C=O) groups is 3. The van der Waals surface area contributed by atoms with Crippen LogP contribution in [0.2, 0.25) is 0 Å². The van der Waals surface area contributed by atoms with E-state index in [0.29, 0.717) is 19.3 Å². The highest BCUT2D eigenvalue weighted by atomic mass is 32.2. The third-order valence-corrected chi connectivity index (χ3v) is 8.63. The Morgan fingerprint density at radius 1 is 1.50 bits per heavy atom. The summed E-state index contributed by atoms with van der Waals surface area (Å²) >= 11 is 0.943. The highest BCUT2D eigenvalue weighted by Gasteiger charge is 2.42. The summed E-state index contributed by atoms with van der Waals surface area (Å²) in [6.45, 7) is 0.535. The fraction of sp³-hybridized carbons (Fsp3) is 0.579. The van der Waals surface area contributed by atoms with E-state index < -0.39 is 40.2 Å². The van der Waals surface area contributed by atoms with Gasteiger partial charge in [-0.15, -0.1) is 11.3 Å². The topological polar surface area (TPSA) is 163 Å². The van der Waals surface area contributed by atoms with E-state index in [0.717, 1.165) is 29.2 Å². The maximum absolute atomic E-state index is 13.2. The van der Waals surface area contributed by atoms with Gasteiger partial charge in [0.2, 0.25) is 15.9 Å². The molecular formula is C19H25N5O6S2. The van der Waals surface area contributed by atoms with Gasteiger partial charge in [0.15, 0.2) is 0 Å². The van der Waals surface area contributed by atoms with E-state index in [1.165, 1.54) is 16.3 Å². The maximum atomic E-state index is 13.2. The summed E-state index contributed by atoms with van der Waals surface area (Å²) in [5, 5.41) is 13.7. The number of rotatable bonds is 8. The van der Waals surface area contributed by atoms with Gasteiger partial charge in [-0.25, -0.2) is 13.2 Å². The van der Waals surface area contributed by atoms with Crippen LogP contribution < -0.4 is 11.1 Å². The highest BCUT2D eigenvalue weighted by Crippen LogP contribution is 2.30. The molecule has 4 atom stereocenters. The molecule has 1 aromatic heterocycles. The molecular weight excluding hydrogens is 458 g/mol. The third kappa shape index (κ3) is 4.69. The zero-order valence-electron chi connectivity index (χ0n) is 17.5. The monoisotopic (exact) mass is 483 g/mol. The molecule has 0 aliphatic carbocycles. The second-order valence-corrected chi connectivity index (χ2v) is 10.4. The first kappa shape index (κ1) is 24.3. The molecule has 32 heavy (non-hydrogen) atoms. The molecule has 3 rings (SSSR count). The van der Waals surface area contributed by atoms with E-state index >= 15 is 0 Å². The Morgan fingerprint density at radius 2 is 2.25 bits per heavy atom. The van der Waals surface area contributed by atoms with Crippen LogP contribution >= 0.6 is 11.3 Å². The van der Waals surface area contributed by atoms with Gasteiger partial charge in [0.25, 0.3) is 0 Å². The van der Waals surface area contributed by atoms with Gasteiger partial charge < -0.3 is 25.5 Å². The zero-order chi connectivity index (χ0) is 23.5. The van der Waals surface area contributed by atoms with Crippen molar-refractivity contribution < 1.29 is 27.5 Å². The number of carbonyl (C=O) groups excluding carboxylic acids is 3. The van der Waals surface area contributed by atoms with Crippen molar-refractivity contribution in [1.82, 2.24) is 14.5 Å². The first-order chi connectivity index (χ1) is 15.2. The number of sulfonamides is 1. The quantitative estimate of drug-likeness (QED) is 0.359. The van der Waals surface area contributed by atoms with Gasteiger partial charge in [0.1, 0.15) is 22.1 Å². The predicted octanol–water partition coefficient (Wildman–Crippen LogP) is -0.703. The molecule has 174 valence electrons. The van der Waals surface area contributed by atoms with Crippen LogP contribution in [0, 0.1) is 11.3 Å². The van der Waals surface area contributed by atoms with Crippen molar-refractivity contribution in [3.63, 3.8) is 0 Å². The fourth-order valence-corrected chi connectivity index (χ4v) is 6.94. The van der Waals surface area contributed by atoms with E-state index in [1.807, 2.05) is 0 Å². The molecule has 2 fully saturated rings. The van der Waals surface area contributed by atoms with E-state index in [-0.39, 0.29) is 35.2 Å². The zero-order valence-corrected chi connectivity index (χ0v) is 19.1. The van der Waals surface area contributed by atoms with Crippen molar-refractivity contribution in [2.24, 2.45) is 5.73 Å². The number of nitriles is 1. The lowest BCUT2D eigenvalue weighted by molar-refractivity contribution is -0.132. The van der Waals surface area contributed by atoms with E-state index in [4.69, 9.17) is 11.0 Å². The molecule has 13 heteroatoms. The van der Waals surface area contributed by atoms with Crippen LogP contribution in [0.3, 0.4) is 0 Å². The molecule has 2 aliphatic heterocycles. The van der Waals surface area contributed by atoms with Crippen molar-refractivity contribution in [2.45, 2.75) is 48.3 Å². The molecule has 0 unspecified atom stereocenters. The SMILES string of the molecule is COC(=O)c1sccc1S(=O)(=O)N1C[C@@H](NC[C@H](N)C(=O)N2CCC[C@H]2C#N)C[C@H]1C=O. The smallest absolute Gasteiger partial charge is 0.349 e. The van der Waals surface area contributed by atoms with Gasteiger partial charge in [0.05, 0.1) is 25.3 Å².